The average Bonchev–Trinajstić information content (AvgIpc) is 2.98. The van der Waals surface area contributed by atoms with Crippen molar-refractivity contribution in [3.05, 3.63) is 29.8 Å². The molecule has 0 aromatic heterocycles. The second kappa shape index (κ2) is 8.94. The highest BCUT2D eigenvalue weighted by Crippen LogP contribution is 2.23. The van der Waals surface area contributed by atoms with Gasteiger partial charge in [-0.15, -0.1) is 0 Å². The lowest BCUT2D eigenvalue weighted by Crippen LogP contribution is -2.44. The molecule has 158 valence electrons. The summed E-state index contributed by atoms with van der Waals surface area (Å²) in [6, 6.07) is 6.73. The topological polar surface area (TPSA) is 105 Å². The highest BCUT2D eigenvalue weighted by molar-refractivity contribution is 7.90. The SMILES string of the molecule is C[C@H](OC(=O)CCN=C1NS(=O)(=O)c2ccccc21)C(=O)N(C)C1CCCCC1. The van der Waals surface area contributed by atoms with Crippen LogP contribution in [0, 0.1) is 0 Å². The Hall–Kier alpha value is -2.42. The minimum atomic E-state index is -3.60. The van der Waals surface area contributed by atoms with Gasteiger partial charge in [0.05, 0.1) is 17.9 Å². The molecule has 1 aliphatic carbocycles. The van der Waals surface area contributed by atoms with Gasteiger partial charge in [0, 0.05) is 18.7 Å². The first-order chi connectivity index (χ1) is 13.8. The van der Waals surface area contributed by atoms with E-state index in [2.05, 4.69) is 9.71 Å². The summed E-state index contributed by atoms with van der Waals surface area (Å²) < 4.78 is 31.7. The number of benzene rings is 1. The number of esters is 1. The Morgan fingerprint density at radius 1 is 1.24 bits per heavy atom. The van der Waals surface area contributed by atoms with Crippen LogP contribution in [-0.2, 0) is 24.3 Å². The number of rotatable bonds is 6. The maximum absolute atomic E-state index is 12.5. The minimum Gasteiger partial charge on any atom is -0.452 e. The van der Waals surface area contributed by atoms with E-state index in [1.54, 1.807) is 37.1 Å². The molecule has 3 rings (SSSR count). The second-order valence-electron chi connectivity index (χ2n) is 7.46. The first-order valence-corrected chi connectivity index (χ1v) is 11.4. The Morgan fingerprint density at radius 3 is 2.66 bits per heavy atom. The molecule has 1 atom stereocenters. The zero-order chi connectivity index (χ0) is 21.0. The van der Waals surface area contributed by atoms with Crippen LogP contribution in [0.15, 0.2) is 34.2 Å². The van der Waals surface area contributed by atoms with E-state index < -0.39 is 22.1 Å². The predicted octanol–water partition coefficient (Wildman–Crippen LogP) is 1.84. The molecular weight excluding hydrogens is 394 g/mol. The maximum atomic E-state index is 12.5. The zero-order valence-corrected chi connectivity index (χ0v) is 17.6. The van der Waals surface area contributed by atoms with Crippen molar-refractivity contribution in [2.24, 2.45) is 4.99 Å². The number of amides is 1. The van der Waals surface area contributed by atoms with Gasteiger partial charge in [-0.3, -0.25) is 19.3 Å². The molecule has 0 spiro atoms. The number of fused-ring (bicyclic) bond motifs is 1. The molecule has 29 heavy (non-hydrogen) atoms. The summed E-state index contributed by atoms with van der Waals surface area (Å²) in [4.78, 5) is 30.7. The number of hydrogen-bond donors (Lipinski definition) is 1. The van der Waals surface area contributed by atoms with Gasteiger partial charge in [0.15, 0.2) is 6.10 Å². The Kier molecular flexibility index (Phi) is 6.56. The second-order valence-corrected chi connectivity index (χ2v) is 9.11. The van der Waals surface area contributed by atoms with E-state index in [1.807, 2.05) is 0 Å². The number of likely N-dealkylation sites (N-methyl/N-ethyl adjacent to an activating group) is 1. The van der Waals surface area contributed by atoms with Crippen LogP contribution in [0.3, 0.4) is 0 Å². The van der Waals surface area contributed by atoms with E-state index in [9.17, 15) is 18.0 Å². The molecule has 1 aromatic carbocycles. The summed E-state index contributed by atoms with van der Waals surface area (Å²) in [5.74, 6) is -0.523. The molecule has 1 aromatic rings. The lowest BCUT2D eigenvalue weighted by atomic mass is 9.94. The quantitative estimate of drug-likeness (QED) is 0.706. The molecule has 8 nitrogen and oxygen atoms in total. The van der Waals surface area contributed by atoms with Crippen LogP contribution < -0.4 is 4.72 Å². The molecule has 1 fully saturated rings. The maximum Gasteiger partial charge on any atom is 0.308 e. The Balaban J connectivity index is 1.51. The molecule has 0 unspecified atom stereocenters. The largest absolute Gasteiger partial charge is 0.452 e. The van der Waals surface area contributed by atoms with Crippen LogP contribution in [-0.4, -0.2) is 56.8 Å². The molecule has 0 radical (unpaired) electrons. The summed E-state index contributed by atoms with van der Waals surface area (Å²) in [5.41, 5.74) is 0.485. The van der Waals surface area contributed by atoms with Crippen molar-refractivity contribution >= 4 is 27.7 Å². The van der Waals surface area contributed by atoms with Crippen LogP contribution in [0.2, 0.25) is 0 Å². The van der Waals surface area contributed by atoms with E-state index in [0.717, 1.165) is 25.7 Å². The van der Waals surface area contributed by atoms with Gasteiger partial charge in [0.1, 0.15) is 5.84 Å². The van der Waals surface area contributed by atoms with E-state index in [4.69, 9.17) is 4.74 Å². The molecule has 1 N–H and O–H groups in total. The normalized spacial score (nSPS) is 20.6. The van der Waals surface area contributed by atoms with E-state index in [1.165, 1.54) is 12.5 Å². The fraction of sp³-hybridized carbons (Fsp3) is 0.550. The van der Waals surface area contributed by atoms with Gasteiger partial charge in [-0.25, -0.2) is 8.42 Å². The third-order valence-corrected chi connectivity index (χ3v) is 6.77. The van der Waals surface area contributed by atoms with Crippen molar-refractivity contribution < 1.29 is 22.7 Å². The van der Waals surface area contributed by atoms with Crippen LogP contribution in [0.25, 0.3) is 0 Å². The number of sulfonamides is 1. The lowest BCUT2D eigenvalue weighted by Gasteiger charge is -2.32. The van der Waals surface area contributed by atoms with Crippen molar-refractivity contribution in [2.45, 2.75) is 62.5 Å². The number of carbonyl (C=O) groups is 2. The van der Waals surface area contributed by atoms with Gasteiger partial charge in [-0.1, -0.05) is 31.4 Å². The monoisotopic (exact) mass is 421 g/mol. The third kappa shape index (κ3) is 4.95. The molecule has 0 bridgehead atoms. The molecule has 0 saturated heterocycles. The molecular formula is C20H27N3O5S. The molecule has 1 heterocycles. The van der Waals surface area contributed by atoms with Gasteiger partial charge in [0.25, 0.3) is 15.9 Å². The first-order valence-electron chi connectivity index (χ1n) is 9.92. The standard InChI is InChI=1S/C20H27N3O5S/c1-14(20(25)23(2)15-8-4-3-5-9-15)28-18(24)12-13-21-19-16-10-6-7-11-17(16)29(26,27)22-19/h6-7,10-11,14-15H,3-5,8-9,12-13H2,1-2H3,(H,21,22)/t14-/m0/s1. The van der Waals surface area contributed by atoms with Crippen molar-refractivity contribution in [3.63, 3.8) is 0 Å². The number of ether oxygens (including phenoxy) is 1. The molecule has 2 aliphatic rings. The molecule has 1 saturated carbocycles. The predicted molar refractivity (Wildman–Crippen MR) is 108 cm³/mol. The summed E-state index contributed by atoms with van der Waals surface area (Å²) in [6.45, 7) is 1.64. The van der Waals surface area contributed by atoms with Gasteiger partial charge < -0.3 is 9.64 Å². The summed E-state index contributed by atoms with van der Waals surface area (Å²) in [5, 5.41) is 0. The highest BCUT2D eigenvalue weighted by Gasteiger charge is 2.30. The van der Waals surface area contributed by atoms with Crippen molar-refractivity contribution in [1.82, 2.24) is 9.62 Å². The lowest BCUT2D eigenvalue weighted by molar-refractivity contribution is -0.159. The van der Waals surface area contributed by atoms with Crippen molar-refractivity contribution in [2.75, 3.05) is 13.6 Å². The third-order valence-electron chi connectivity index (χ3n) is 5.37. The van der Waals surface area contributed by atoms with Crippen molar-refractivity contribution in [1.29, 1.82) is 0 Å². The van der Waals surface area contributed by atoms with Crippen LogP contribution in [0.1, 0.15) is 51.0 Å². The van der Waals surface area contributed by atoms with Gasteiger partial charge in [0.2, 0.25) is 0 Å². The highest BCUT2D eigenvalue weighted by atomic mass is 32.2. The fourth-order valence-electron chi connectivity index (χ4n) is 3.75. The molecule has 1 aliphatic heterocycles. The summed E-state index contributed by atoms with van der Waals surface area (Å²) in [6.07, 6.45) is 4.50. The summed E-state index contributed by atoms with van der Waals surface area (Å²) in [7, 11) is -1.84. The summed E-state index contributed by atoms with van der Waals surface area (Å²) >= 11 is 0. The van der Waals surface area contributed by atoms with E-state index in [-0.39, 0.29) is 35.6 Å². The fourth-order valence-corrected chi connectivity index (χ4v) is 5.00. The number of nitrogens with one attached hydrogen (secondary N) is 1. The van der Waals surface area contributed by atoms with Crippen molar-refractivity contribution in [3.8, 4) is 0 Å². The van der Waals surface area contributed by atoms with Gasteiger partial charge in [-0.2, -0.15) is 0 Å². The van der Waals surface area contributed by atoms with Gasteiger partial charge >= 0.3 is 5.97 Å². The van der Waals surface area contributed by atoms with Crippen LogP contribution >= 0.6 is 0 Å². The molecule has 9 heteroatoms. The minimum absolute atomic E-state index is 0.0435. The zero-order valence-electron chi connectivity index (χ0n) is 16.8. The number of aliphatic imine (C=N–C) groups is 1. The number of carbonyl (C=O) groups excluding carboxylic acids is 2. The Bertz CT molecular complexity index is 906. The molecule has 1 amide bonds. The first kappa shape index (κ1) is 21.3. The van der Waals surface area contributed by atoms with Gasteiger partial charge in [-0.05, 0) is 31.9 Å². The van der Waals surface area contributed by atoms with E-state index in [0.29, 0.717) is 5.56 Å². The number of amidine groups is 1. The van der Waals surface area contributed by atoms with Crippen LogP contribution in [0.4, 0.5) is 0 Å². The van der Waals surface area contributed by atoms with Crippen LogP contribution in [0.5, 0.6) is 0 Å². The Labute approximate surface area is 171 Å². The Morgan fingerprint density at radius 2 is 1.93 bits per heavy atom. The average molecular weight is 422 g/mol. The number of nitrogens with zero attached hydrogens (tertiary/aromatic N) is 2. The smallest absolute Gasteiger partial charge is 0.308 e. The van der Waals surface area contributed by atoms with E-state index >= 15 is 0 Å². The number of hydrogen-bond acceptors (Lipinski definition) is 6.